The number of nitrogens with one attached hydrogen (secondary N) is 2. The standard InChI is InChI=1S/C22H19N3O3S/c1-15-4-2-3-5-21(15)29(27,28)18-8-6-16(7-9-18)13-24-22(26)20-12-17-14-23-11-10-19(17)25-20/h2-12,14,25H,13H2,1H3,(H,24,26). The van der Waals surface area contributed by atoms with Crippen LogP contribution in [-0.4, -0.2) is 24.3 Å². The summed E-state index contributed by atoms with van der Waals surface area (Å²) in [5, 5.41) is 3.70. The molecule has 0 fully saturated rings. The van der Waals surface area contributed by atoms with E-state index in [9.17, 15) is 13.2 Å². The van der Waals surface area contributed by atoms with E-state index in [1.165, 1.54) is 0 Å². The molecule has 0 unspecified atom stereocenters. The molecule has 146 valence electrons. The topological polar surface area (TPSA) is 91.9 Å². The van der Waals surface area contributed by atoms with Crippen LogP contribution in [0.2, 0.25) is 0 Å². The third-order valence-electron chi connectivity index (χ3n) is 4.74. The van der Waals surface area contributed by atoms with Crippen molar-refractivity contribution < 1.29 is 13.2 Å². The quantitative estimate of drug-likeness (QED) is 0.530. The molecule has 6 nitrogen and oxygen atoms in total. The predicted molar refractivity (Wildman–Crippen MR) is 110 cm³/mol. The molecule has 4 rings (SSSR count). The van der Waals surface area contributed by atoms with Gasteiger partial charge in [0.15, 0.2) is 0 Å². The van der Waals surface area contributed by atoms with Crippen molar-refractivity contribution in [1.82, 2.24) is 15.3 Å². The number of fused-ring (bicyclic) bond motifs is 1. The number of aryl methyl sites for hydroxylation is 1. The van der Waals surface area contributed by atoms with E-state index in [-0.39, 0.29) is 17.3 Å². The molecule has 2 aromatic heterocycles. The van der Waals surface area contributed by atoms with Crippen molar-refractivity contribution in [3.63, 3.8) is 0 Å². The Morgan fingerprint density at radius 3 is 2.55 bits per heavy atom. The summed E-state index contributed by atoms with van der Waals surface area (Å²) >= 11 is 0. The van der Waals surface area contributed by atoms with E-state index in [0.29, 0.717) is 16.2 Å². The Hall–Kier alpha value is -3.45. The Balaban J connectivity index is 1.47. The van der Waals surface area contributed by atoms with E-state index in [0.717, 1.165) is 16.5 Å². The van der Waals surface area contributed by atoms with Gasteiger partial charge in [-0.25, -0.2) is 8.42 Å². The summed E-state index contributed by atoms with van der Waals surface area (Å²) in [7, 11) is -3.57. The Labute approximate surface area is 168 Å². The lowest BCUT2D eigenvalue weighted by molar-refractivity contribution is 0.0946. The Kier molecular flexibility index (Phi) is 4.90. The molecule has 0 spiro atoms. The number of carbonyl (C=O) groups is 1. The van der Waals surface area contributed by atoms with Crippen LogP contribution in [0, 0.1) is 6.92 Å². The largest absolute Gasteiger partial charge is 0.350 e. The van der Waals surface area contributed by atoms with Crippen molar-refractivity contribution >= 4 is 26.6 Å². The molecule has 1 amide bonds. The van der Waals surface area contributed by atoms with Crippen molar-refractivity contribution in [2.45, 2.75) is 23.3 Å². The van der Waals surface area contributed by atoms with Crippen LogP contribution in [0.15, 0.2) is 82.8 Å². The van der Waals surface area contributed by atoms with Gasteiger partial charge in [0, 0.05) is 29.8 Å². The van der Waals surface area contributed by atoms with Crippen LogP contribution in [0.4, 0.5) is 0 Å². The van der Waals surface area contributed by atoms with E-state index in [1.807, 2.05) is 6.07 Å². The average Bonchev–Trinajstić information content (AvgIpc) is 3.17. The first kappa shape index (κ1) is 18.9. The Morgan fingerprint density at radius 1 is 1.07 bits per heavy atom. The molecule has 0 aliphatic heterocycles. The number of benzene rings is 2. The fourth-order valence-electron chi connectivity index (χ4n) is 3.14. The van der Waals surface area contributed by atoms with E-state index in [4.69, 9.17) is 0 Å². The van der Waals surface area contributed by atoms with Gasteiger partial charge in [-0.3, -0.25) is 9.78 Å². The molecule has 2 heterocycles. The first-order valence-electron chi connectivity index (χ1n) is 9.06. The minimum Gasteiger partial charge on any atom is -0.350 e. The summed E-state index contributed by atoms with van der Waals surface area (Å²) in [6.45, 7) is 2.06. The molecule has 4 aromatic rings. The van der Waals surface area contributed by atoms with Gasteiger partial charge >= 0.3 is 0 Å². The van der Waals surface area contributed by atoms with Gasteiger partial charge in [-0.15, -0.1) is 0 Å². The van der Waals surface area contributed by atoms with Crippen molar-refractivity contribution in [2.75, 3.05) is 0 Å². The zero-order chi connectivity index (χ0) is 20.4. The summed E-state index contributed by atoms with van der Waals surface area (Å²) in [5.74, 6) is -0.238. The molecular formula is C22H19N3O3S. The number of carbonyl (C=O) groups excluding carboxylic acids is 1. The smallest absolute Gasteiger partial charge is 0.267 e. The minimum absolute atomic E-state index is 0.227. The Bertz CT molecular complexity index is 1260. The van der Waals surface area contributed by atoms with Crippen LogP contribution in [0.1, 0.15) is 21.6 Å². The van der Waals surface area contributed by atoms with Gasteiger partial charge in [0.25, 0.3) is 5.91 Å². The van der Waals surface area contributed by atoms with Crippen molar-refractivity contribution in [3.8, 4) is 0 Å². The van der Waals surface area contributed by atoms with E-state index >= 15 is 0 Å². The number of hydrogen-bond acceptors (Lipinski definition) is 4. The Morgan fingerprint density at radius 2 is 1.83 bits per heavy atom. The zero-order valence-electron chi connectivity index (χ0n) is 15.7. The summed E-state index contributed by atoms with van der Waals surface area (Å²) in [4.78, 5) is 20.0. The van der Waals surface area contributed by atoms with Crippen molar-refractivity contribution in [2.24, 2.45) is 0 Å². The van der Waals surface area contributed by atoms with Crippen LogP contribution < -0.4 is 5.32 Å². The minimum atomic E-state index is -3.57. The number of aromatic amines is 1. The molecule has 0 radical (unpaired) electrons. The maximum Gasteiger partial charge on any atom is 0.267 e. The number of nitrogens with zero attached hydrogens (tertiary/aromatic N) is 1. The highest BCUT2D eigenvalue weighted by atomic mass is 32.2. The van der Waals surface area contributed by atoms with Crippen molar-refractivity contribution in [3.05, 3.63) is 89.9 Å². The third kappa shape index (κ3) is 3.77. The second-order valence-corrected chi connectivity index (χ2v) is 8.66. The summed E-state index contributed by atoms with van der Waals surface area (Å²) in [5.41, 5.74) is 2.81. The number of pyridine rings is 1. The SMILES string of the molecule is Cc1ccccc1S(=O)(=O)c1ccc(CNC(=O)c2cc3cnccc3[nH]2)cc1. The summed E-state index contributed by atoms with van der Waals surface area (Å²) in [6.07, 6.45) is 3.35. The molecule has 7 heteroatoms. The lowest BCUT2D eigenvalue weighted by Crippen LogP contribution is -2.23. The van der Waals surface area contributed by atoms with Gasteiger partial charge in [0.2, 0.25) is 9.84 Å². The van der Waals surface area contributed by atoms with Crippen molar-refractivity contribution in [1.29, 1.82) is 0 Å². The zero-order valence-corrected chi connectivity index (χ0v) is 16.5. The molecular weight excluding hydrogens is 386 g/mol. The predicted octanol–water partition coefficient (Wildman–Crippen LogP) is 3.63. The maximum atomic E-state index is 12.8. The number of sulfone groups is 1. The van der Waals surface area contributed by atoms with Gasteiger partial charge in [0.05, 0.1) is 9.79 Å². The van der Waals surface area contributed by atoms with Gasteiger partial charge in [-0.2, -0.15) is 0 Å². The highest BCUT2D eigenvalue weighted by Gasteiger charge is 2.19. The molecule has 0 bridgehead atoms. The first-order chi connectivity index (χ1) is 13.9. The van der Waals surface area contributed by atoms with Gasteiger partial charge < -0.3 is 10.3 Å². The second-order valence-electron chi connectivity index (χ2n) is 6.74. The molecule has 2 aromatic carbocycles. The molecule has 2 N–H and O–H groups in total. The highest BCUT2D eigenvalue weighted by molar-refractivity contribution is 7.91. The number of aromatic nitrogens is 2. The molecule has 0 saturated carbocycles. The third-order valence-corrected chi connectivity index (χ3v) is 6.67. The number of hydrogen-bond donors (Lipinski definition) is 2. The number of rotatable bonds is 5. The molecule has 0 aliphatic carbocycles. The van der Waals surface area contributed by atoms with Crippen LogP contribution in [0.25, 0.3) is 10.9 Å². The van der Waals surface area contributed by atoms with Crippen LogP contribution in [0.3, 0.4) is 0 Å². The van der Waals surface area contributed by atoms with Gasteiger partial charge in [-0.05, 0) is 48.4 Å². The molecule has 0 aliphatic rings. The fraction of sp³-hybridized carbons (Fsp3) is 0.0909. The normalized spacial score (nSPS) is 11.5. The van der Waals surface area contributed by atoms with Gasteiger partial charge in [0.1, 0.15) is 5.69 Å². The van der Waals surface area contributed by atoms with E-state index < -0.39 is 9.84 Å². The average molecular weight is 405 g/mol. The summed E-state index contributed by atoms with van der Waals surface area (Å²) in [6, 6.07) is 17.0. The number of H-pyrrole nitrogens is 1. The lowest BCUT2D eigenvalue weighted by atomic mass is 10.2. The van der Waals surface area contributed by atoms with E-state index in [1.54, 1.807) is 73.9 Å². The molecule has 0 atom stereocenters. The van der Waals surface area contributed by atoms with Gasteiger partial charge in [-0.1, -0.05) is 30.3 Å². The van der Waals surface area contributed by atoms with Crippen LogP contribution >= 0.6 is 0 Å². The van der Waals surface area contributed by atoms with Crippen LogP contribution in [-0.2, 0) is 16.4 Å². The monoisotopic (exact) mass is 405 g/mol. The van der Waals surface area contributed by atoms with E-state index in [2.05, 4.69) is 15.3 Å². The maximum absolute atomic E-state index is 12.8. The summed E-state index contributed by atoms with van der Waals surface area (Å²) < 4.78 is 25.6. The molecule has 0 saturated heterocycles. The number of amides is 1. The molecule has 29 heavy (non-hydrogen) atoms. The second kappa shape index (κ2) is 7.52. The fourth-order valence-corrected chi connectivity index (χ4v) is 4.64. The lowest BCUT2D eigenvalue weighted by Gasteiger charge is -2.09. The van der Waals surface area contributed by atoms with Crippen LogP contribution in [0.5, 0.6) is 0 Å². The first-order valence-corrected chi connectivity index (χ1v) is 10.5. The highest BCUT2D eigenvalue weighted by Crippen LogP contribution is 2.24.